The van der Waals surface area contributed by atoms with Crippen LogP contribution in [0.25, 0.3) is 0 Å². The van der Waals surface area contributed by atoms with E-state index in [2.05, 4.69) is 5.32 Å². The van der Waals surface area contributed by atoms with Crippen molar-refractivity contribution in [3.8, 4) is 0 Å². The van der Waals surface area contributed by atoms with Crippen LogP contribution >= 0.6 is 12.2 Å². The van der Waals surface area contributed by atoms with Crippen LogP contribution in [0.5, 0.6) is 0 Å². The number of carbonyl (C=O) groups is 1. The fourth-order valence-corrected chi connectivity index (χ4v) is 1.15. The van der Waals surface area contributed by atoms with Gasteiger partial charge in [-0.25, -0.2) is 4.79 Å². The second kappa shape index (κ2) is 4.92. The van der Waals surface area contributed by atoms with Gasteiger partial charge in [0.25, 0.3) is 0 Å². The predicted molar refractivity (Wildman–Crippen MR) is 51.2 cm³/mol. The molecule has 0 fully saturated rings. The summed E-state index contributed by atoms with van der Waals surface area (Å²) in [4.78, 5) is 10.5. The third kappa shape index (κ3) is 3.52. The van der Waals surface area contributed by atoms with Crippen molar-refractivity contribution in [2.75, 3.05) is 0 Å². The smallest absolute Gasteiger partial charge is 0.405 e. The Morgan fingerprint density at radius 1 is 1.75 bits per heavy atom. The summed E-state index contributed by atoms with van der Waals surface area (Å²) in [5, 5.41) is 10.7. The quantitative estimate of drug-likeness (QED) is 0.577. The molecular formula is C7H14N2O2S. The van der Waals surface area contributed by atoms with Crippen LogP contribution in [0.15, 0.2) is 0 Å². The van der Waals surface area contributed by atoms with E-state index in [9.17, 15) is 4.79 Å². The molecule has 0 aromatic heterocycles. The highest BCUT2D eigenvalue weighted by atomic mass is 32.1. The standard InChI is InChI=1S/C7H14N2O2S/c1-3-4(2)5(6(8)12)9-7(10)11/h4-5,9H,3H2,1-2H3,(H2,8,12)(H,10,11)/t4-,5?/m0/s1. The van der Waals surface area contributed by atoms with Gasteiger partial charge in [-0.2, -0.15) is 0 Å². The van der Waals surface area contributed by atoms with E-state index in [0.29, 0.717) is 0 Å². The normalized spacial score (nSPS) is 14.8. The van der Waals surface area contributed by atoms with E-state index in [0.717, 1.165) is 6.42 Å². The highest BCUT2D eigenvalue weighted by molar-refractivity contribution is 7.80. The number of nitrogens with two attached hydrogens (primary N) is 1. The topological polar surface area (TPSA) is 75.3 Å². The second-order valence-electron chi connectivity index (χ2n) is 2.72. The molecule has 4 N–H and O–H groups in total. The summed E-state index contributed by atoms with van der Waals surface area (Å²) in [6.07, 6.45) is -0.254. The van der Waals surface area contributed by atoms with Crippen molar-refractivity contribution >= 4 is 23.3 Å². The van der Waals surface area contributed by atoms with E-state index >= 15 is 0 Å². The lowest BCUT2D eigenvalue weighted by atomic mass is 9.99. The molecule has 0 rings (SSSR count). The maximum Gasteiger partial charge on any atom is 0.405 e. The minimum Gasteiger partial charge on any atom is -0.465 e. The van der Waals surface area contributed by atoms with Crippen LogP contribution in [-0.4, -0.2) is 22.2 Å². The van der Waals surface area contributed by atoms with Crippen molar-refractivity contribution in [2.24, 2.45) is 11.7 Å². The van der Waals surface area contributed by atoms with Gasteiger partial charge in [-0.1, -0.05) is 32.5 Å². The molecular weight excluding hydrogens is 176 g/mol. The highest BCUT2D eigenvalue weighted by Crippen LogP contribution is 2.07. The molecule has 4 nitrogen and oxygen atoms in total. The molecule has 1 amide bonds. The summed E-state index contributed by atoms with van der Waals surface area (Å²) in [6.45, 7) is 3.86. The number of thiocarbonyl (C=S) groups is 1. The number of nitrogens with one attached hydrogen (secondary N) is 1. The van der Waals surface area contributed by atoms with Crippen LogP contribution in [-0.2, 0) is 0 Å². The number of rotatable bonds is 4. The van der Waals surface area contributed by atoms with Gasteiger partial charge in [0.2, 0.25) is 0 Å². The molecule has 5 heteroatoms. The summed E-state index contributed by atoms with van der Waals surface area (Å²) < 4.78 is 0. The first-order valence-corrected chi connectivity index (χ1v) is 4.18. The Balaban J connectivity index is 4.22. The molecule has 0 saturated carbocycles. The lowest BCUT2D eigenvalue weighted by molar-refractivity contribution is 0.189. The van der Waals surface area contributed by atoms with E-state index in [1.54, 1.807) is 0 Å². The van der Waals surface area contributed by atoms with Crippen LogP contribution in [0.4, 0.5) is 4.79 Å². The Morgan fingerprint density at radius 3 is 2.50 bits per heavy atom. The van der Waals surface area contributed by atoms with Crippen LogP contribution in [0.1, 0.15) is 20.3 Å². The van der Waals surface area contributed by atoms with Crippen LogP contribution in [0.3, 0.4) is 0 Å². The molecule has 0 spiro atoms. The molecule has 0 aliphatic carbocycles. The van der Waals surface area contributed by atoms with E-state index in [4.69, 9.17) is 23.1 Å². The molecule has 0 aliphatic heterocycles. The minimum atomic E-state index is -1.09. The van der Waals surface area contributed by atoms with Gasteiger partial charge in [-0.05, 0) is 5.92 Å². The fourth-order valence-electron chi connectivity index (χ4n) is 0.863. The molecule has 0 aromatic rings. The second-order valence-corrected chi connectivity index (χ2v) is 3.19. The summed E-state index contributed by atoms with van der Waals surface area (Å²) in [5.41, 5.74) is 5.37. The monoisotopic (exact) mass is 190 g/mol. The maximum absolute atomic E-state index is 10.3. The zero-order valence-corrected chi connectivity index (χ0v) is 8.02. The number of amides is 1. The van der Waals surface area contributed by atoms with E-state index < -0.39 is 12.1 Å². The molecule has 2 atom stereocenters. The van der Waals surface area contributed by atoms with Crippen molar-refractivity contribution in [1.29, 1.82) is 0 Å². The largest absolute Gasteiger partial charge is 0.465 e. The first-order chi connectivity index (χ1) is 5.49. The first kappa shape index (κ1) is 11.2. The van der Waals surface area contributed by atoms with Gasteiger partial charge in [0.15, 0.2) is 0 Å². The average Bonchev–Trinajstić information content (AvgIpc) is 1.98. The van der Waals surface area contributed by atoms with Crippen LogP contribution in [0.2, 0.25) is 0 Å². The van der Waals surface area contributed by atoms with Gasteiger partial charge < -0.3 is 16.2 Å². The van der Waals surface area contributed by atoms with Crippen molar-refractivity contribution in [1.82, 2.24) is 5.32 Å². The molecule has 0 heterocycles. The molecule has 0 saturated heterocycles. The summed E-state index contributed by atoms with van der Waals surface area (Å²) in [6, 6.07) is -0.414. The van der Waals surface area contributed by atoms with Gasteiger partial charge >= 0.3 is 6.09 Å². The highest BCUT2D eigenvalue weighted by Gasteiger charge is 2.19. The van der Waals surface area contributed by atoms with E-state index in [-0.39, 0.29) is 10.9 Å². The third-order valence-corrected chi connectivity index (χ3v) is 2.05. The molecule has 0 radical (unpaired) electrons. The fraction of sp³-hybridized carbons (Fsp3) is 0.714. The molecule has 0 aliphatic rings. The van der Waals surface area contributed by atoms with Gasteiger partial charge in [-0.15, -0.1) is 0 Å². The van der Waals surface area contributed by atoms with Gasteiger partial charge in [0.05, 0.1) is 11.0 Å². The Morgan fingerprint density at radius 2 is 2.25 bits per heavy atom. The Bertz CT molecular complexity index is 184. The summed E-state index contributed by atoms with van der Waals surface area (Å²) >= 11 is 4.73. The lowest BCUT2D eigenvalue weighted by Gasteiger charge is -2.21. The molecule has 0 bridgehead atoms. The zero-order valence-electron chi connectivity index (χ0n) is 7.20. The number of hydrogen-bond acceptors (Lipinski definition) is 2. The Labute approximate surface area is 77.1 Å². The van der Waals surface area contributed by atoms with Crippen molar-refractivity contribution in [3.05, 3.63) is 0 Å². The van der Waals surface area contributed by atoms with Gasteiger partial charge in [0, 0.05) is 0 Å². The van der Waals surface area contributed by atoms with Crippen molar-refractivity contribution < 1.29 is 9.90 Å². The lowest BCUT2D eigenvalue weighted by Crippen LogP contribution is -2.46. The molecule has 1 unspecified atom stereocenters. The summed E-state index contributed by atoms with van der Waals surface area (Å²) in [7, 11) is 0. The van der Waals surface area contributed by atoms with Crippen molar-refractivity contribution in [2.45, 2.75) is 26.3 Å². The number of carboxylic acid groups (broad SMARTS) is 1. The Kier molecular flexibility index (Phi) is 4.58. The van der Waals surface area contributed by atoms with Gasteiger partial charge in [0.1, 0.15) is 0 Å². The van der Waals surface area contributed by atoms with Gasteiger partial charge in [-0.3, -0.25) is 0 Å². The number of hydrogen-bond donors (Lipinski definition) is 3. The Hall–Kier alpha value is -0.840. The van der Waals surface area contributed by atoms with Crippen LogP contribution < -0.4 is 11.1 Å². The molecule has 70 valence electrons. The third-order valence-electron chi connectivity index (χ3n) is 1.80. The predicted octanol–water partition coefficient (Wildman–Crippen LogP) is 0.955. The van der Waals surface area contributed by atoms with E-state index in [1.807, 2.05) is 13.8 Å². The SMILES string of the molecule is CC[C@H](C)C(NC(=O)O)C(N)=S. The van der Waals surface area contributed by atoms with E-state index in [1.165, 1.54) is 0 Å². The summed E-state index contributed by atoms with van der Waals surface area (Å²) in [5.74, 6) is 0.138. The van der Waals surface area contributed by atoms with Crippen LogP contribution in [0, 0.1) is 5.92 Å². The first-order valence-electron chi connectivity index (χ1n) is 3.77. The van der Waals surface area contributed by atoms with Crippen molar-refractivity contribution in [3.63, 3.8) is 0 Å². The zero-order chi connectivity index (χ0) is 9.72. The average molecular weight is 190 g/mol. The molecule has 0 aromatic carbocycles. The minimum absolute atomic E-state index is 0.138. The maximum atomic E-state index is 10.3. The molecule has 12 heavy (non-hydrogen) atoms.